The average Bonchev–Trinajstić information content (AvgIpc) is 2.57. The van der Waals surface area contributed by atoms with Crippen molar-refractivity contribution in [2.75, 3.05) is 11.1 Å². The maximum atomic E-state index is 11.2. The van der Waals surface area contributed by atoms with Gasteiger partial charge < -0.3 is 10.6 Å². The van der Waals surface area contributed by atoms with Crippen molar-refractivity contribution in [1.29, 1.82) is 0 Å². The first kappa shape index (κ1) is 13.0. The number of aryl methyl sites for hydroxylation is 1. The van der Waals surface area contributed by atoms with Crippen LogP contribution in [0.15, 0.2) is 35.7 Å². The lowest BCUT2D eigenvalue weighted by Gasteiger charge is -2.14. The van der Waals surface area contributed by atoms with Crippen molar-refractivity contribution < 1.29 is 8.42 Å². The molecule has 2 N–H and O–H groups in total. The fourth-order valence-electron chi connectivity index (χ4n) is 1.72. The fraction of sp³-hybridized carbons (Fsp3) is 0.250. The Hall–Kier alpha value is -1.40. The normalized spacial score (nSPS) is 20.6. The average molecular weight is 282 g/mol. The molecule has 0 amide bonds. The Kier molecular flexibility index (Phi) is 3.68. The van der Waals surface area contributed by atoms with Crippen LogP contribution in [0.2, 0.25) is 0 Å². The maximum Gasteiger partial charge on any atom is 0.173 e. The van der Waals surface area contributed by atoms with Gasteiger partial charge in [-0.2, -0.15) is 0 Å². The Balaban J connectivity index is 1.92. The summed E-state index contributed by atoms with van der Waals surface area (Å²) in [4.78, 5) is 0. The summed E-state index contributed by atoms with van der Waals surface area (Å²) in [6.07, 6.45) is 1.61. The van der Waals surface area contributed by atoms with Crippen molar-refractivity contribution in [3.05, 3.63) is 41.3 Å². The number of nitrogens with one attached hydrogen (secondary N) is 2. The minimum absolute atomic E-state index is 0.0582. The van der Waals surface area contributed by atoms with Crippen LogP contribution < -0.4 is 10.6 Å². The van der Waals surface area contributed by atoms with Crippen molar-refractivity contribution in [3.8, 4) is 0 Å². The summed E-state index contributed by atoms with van der Waals surface area (Å²) in [6, 6.07) is 7.55. The Morgan fingerprint density at radius 2 is 2.22 bits per heavy atom. The number of hydrogen-bond donors (Lipinski definition) is 2. The Morgan fingerprint density at radius 1 is 1.44 bits per heavy atom. The third kappa shape index (κ3) is 3.54. The largest absolute Gasteiger partial charge is 0.355 e. The lowest BCUT2D eigenvalue weighted by atomic mass is 10.2. The summed E-state index contributed by atoms with van der Waals surface area (Å²) >= 11 is 5.14. The van der Waals surface area contributed by atoms with E-state index >= 15 is 0 Å². The quantitative estimate of drug-likeness (QED) is 0.807. The molecule has 0 saturated carbocycles. The van der Waals surface area contributed by atoms with Crippen LogP contribution in [0.1, 0.15) is 5.56 Å². The number of sulfone groups is 1. The molecule has 1 aromatic carbocycles. The van der Waals surface area contributed by atoms with Gasteiger partial charge in [0, 0.05) is 11.1 Å². The molecule has 1 unspecified atom stereocenters. The molecule has 1 aromatic rings. The highest BCUT2D eigenvalue weighted by molar-refractivity contribution is 7.94. The van der Waals surface area contributed by atoms with Crippen LogP contribution in [0.5, 0.6) is 0 Å². The minimum atomic E-state index is -3.05. The van der Waals surface area contributed by atoms with Gasteiger partial charge in [-0.3, -0.25) is 0 Å². The second-order valence-corrected chi connectivity index (χ2v) is 6.57. The smallest absolute Gasteiger partial charge is 0.173 e. The van der Waals surface area contributed by atoms with Gasteiger partial charge in [-0.25, -0.2) is 8.42 Å². The number of rotatable bonds is 2. The highest BCUT2D eigenvalue weighted by atomic mass is 32.2. The van der Waals surface area contributed by atoms with Crippen LogP contribution in [0, 0.1) is 6.92 Å². The summed E-state index contributed by atoms with van der Waals surface area (Å²) in [7, 11) is -3.05. The monoisotopic (exact) mass is 282 g/mol. The molecule has 0 bridgehead atoms. The van der Waals surface area contributed by atoms with Gasteiger partial charge in [0.1, 0.15) is 0 Å². The molecule has 4 nitrogen and oxygen atoms in total. The van der Waals surface area contributed by atoms with E-state index in [0.29, 0.717) is 5.11 Å². The van der Waals surface area contributed by atoms with E-state index < -0.39 is 9.84 Å². The summed E-state index contributed by atoms with van der Waals surface area (Å²) < 4.78 is 22.5. The Labute approximate surface area is 112 Å². The van der Waals surface area contributed by atoms with E-state index in [4.69, 9.17) is 12.2 Å². The zero-order valence-electron chi connectivity index (χ0n) is 9.88. The molecule has 18 heavy (non-hydrogen) atoms. The lowest BCUT2D eigenvalue weighted by Crippen LogP contribution is -2.38. The van der Waals surface area contributed by atoms with Gasteiger partial charge >= 0.3 is 0 Å². The van der Waals surface area contributed by atoms with E-state index in [1.807, 2.05) is 31.2 Å². The minimum Gasteiger partial charge on any atom is -0.355 e. The van der Waals surface area contributed by atoms with Gasteiger partial charge in [0.15, 0.2) is 14.9 Å². The Morgan fingerprint density at radius 3 is 2.83 bits per heavy atom. The van der Waals surface area contributed by atoms with E-state index in [2.05, 4.69) is 10.6 Å². The predicted molar refractivity (Wildman–Crippen MR) is 77.3 cm³/mol. The van der Waals surface area contributed by atoms with Crippen molar-refractivity contribution >= 4 is 32.9 Å². The molecule has 2 rings (SSSR count). The van der Waals surface area contributed by atoms with Crippen LogP contribution in [0.3, 0.4) is 0 Å². The molecule has 96 valence electrons. The van der Waals surface area contributed by atoms with Crippen LogP contribution in [-0.4, -0.2) is 25.3 Å². The van der Waals surface area contributed by atoms with E-state index in [0.717, 1.165) is 11.3 Å². The zero-order valence-corrected chi connectivity index (χ0v) is 11.5. The maximum absolute atomic E-state index is 11.2. The summed E-state index contributed by atoms with van der Waals surface area (Å²) in [5.74, 6) is 0.0582. The molecule has 0 fully saturated rings. The second kappa shape index (κ2) is 5.07. The van der Waals surface area contributed by atoms with Crippen LogP contribution >= 0.6 is 12.2 Å². The molecule has 6 heteroatoms. The number of thiocarbonyl (C=S) groups is 1. The SMILES string of the molecule is Cc1cccc(NC(=S)NC2C=CS(=O)(=O)C2)c1. The van der Waals surface area contributed by atoms with E-state index in [1.165, 1.54) is 5.41 Å². The van der Waals surface area contributed by atoms with E-state index in [-0.39, 0.29) is 11.8 Å². The number of anilines is 1. The van der Waals surface area contributed by atoms with E-state index in [9.17, 15) is 8.42 Å². The molecular weight excluding hydrogens is 268 g/mol. The summed E-state index contributed by atoms with van der Waals surface area (Å²) in [5, 5.41) is 7.63. The molecule has 1 aliphatic heterocycles. The molecule has 0 aliphatic carbocycles. The molecule has 0 aromatic heterocycles. The second-order valence-electron chi connectivity index (χ2n) is 4.23. The lowest BCUT2D eigenvalue weighted by molar-refractivity contribution is 0.603. The molecule has 1 atom stereocenters. The first-order chi connectivity index (χ1) is 8.44. The molecule has 1 aliphatic rings. The molecule has 0 saturated heterocycles. The van der Waals surface area contributed by atoms with Crippen LogP contribution in [-0.2, 0) is 9.84 Å². The van der Waals surface area contributed by atoms with Gasteiger partial charge in [-0.1, -0.05) is 12.1 Å². The molecule has 0 spiro atoms. The van der Waals surface area contributed by atoms with Gasteiger partial charge in [0.25, 0.3) is 0 Å². The van der Waals surface area contributed by atoms with Gasteiger partial charge in [-0.05, 0) is 42.9 Å². The van der Waals surface area contributed by atoms with Crippen molar-refractivity contribution in [3.63, 3.8) is 0 Å². The van der Waals surface area contributed by atoms with Crippen LogP contribution in [0.4, 0.5) is 5.69 Å². The number of hydrogen-bond acceptors (Lipinski definition) is 3. The van der Waals surface area contributed by atoms with Crippen molar-refractivity contribution in [1.82, 2.24) is 5.32 Å². The standard InChI is InChI=1S/C12H14N2O2S2/c1-9-3-2-4-10(7-9)13-12(17)14-11-5-6-18(15,16)8-11/h2-7,11H,8H2,1H3,(H2,13,14,17). The van der Waals surface area contributed by atoms with Gasteiger partial charge in [0.2, 0.25) is 0 Å². The van der Waals surface area contributed by atoms with E-state index in [1.54, 1.807) is 6.08 Å². The molecule has 0 radical (unpaired) electrons. The van der Waals surface area contributed by atoms with Crippen molar-refractivity contribution in [2.45, 2.75) is 13.0 Å². The zero-order chi connectivity index (χ0) is 13.2. The number of benzene rings is 1. The third-order valence-corrected chi connectivity index (χ3v) is 4.14. The molecular formula is C12H14N2O2S2. The summed E-state index contributed by atoms with van der Waals surface area (Å²) in [6.45, 7) is 1.99. The third-order valence-electron chi connectivity index (χ3n) is 2.52. The topological polar surface area (TPSA) is 58.2 Å². The van der Waals surface area contributed by atoms with Gasteiger partial charge in [0.05, 0.1) is 11.8 Å². The predicted octanol–water partition coefficient (Wildman–Crippen LogP) is 1.59. The van der Waals surface area contributed by atoms with Gasteiger partial charge in [-0.15, -0.1) is 0 Å². The highest BCUT2D eigenvalue weighted by Gasteiger charge is 2.21. The first-order valence-electron chi connectivity index (χ1n) is 5.50. The van der Waals surface area contributed by atoms with Crippen molar-refractivity contribution in [2.24, 2.45) is 0 Å². The van der Waals surface area contributed by atoms with Crippen LogP contribution in [0.25, 0.3) is 0 Å². The highest BCUT2D eigenvalue weighted by Crippen LogP contribution is 2.11. The Bertz CT molecular complexity index is 594. The summed E-state index contributed by atoms with van der Waals surface area (Å²) in [5.41, 5.74) is 2.02. The fourth-order valence-corrected chi connectivity index (χ4v) is 3.23. The first-order valence-corrected chi connectivity index (χ1v) is 7.62. The molecule has 1 heterocycles.